The second-order valence-corrected chi connectivity index (χ2v) is 5.31. The van der Waals surface area contributed by atoms with E-state index < -0.39 is 0 Å². The Hall–Kier alpha value is -1.48. The van der Waals surface area contributed by atoms with Gasteiger partial charge in [0.25, 0.3) is 0 Å². The number of ether oxygens (including phenoxy) is 2. The zero-order chi connectivity index (χ0) is 14.9. The molecular weight excluding hydrogens is 328 g/mol. The Labute approximate surface area is 135 Å². The molecule has 0 atom stereocenters. The lowest BCUT2D eigenvalue weighted by Gasteiger charge is -2.15. The Balaban J connectivity index is 1.92. The van der Waals surface area contributed by atoms with Crippen molar-refractivity contribution in [3.8, 4) is 11.5 Å². The molecule has 0 spiro atoms. The lowest BCUT2D eigenvalue weighted by Crippen LogP contribution is -2.04. The van der Waals surface area contributed by atoms with Gasteiger partial charge in [-0.3, -0.25) is 0 Å². The number of benzene rings is 2. The van der Waals surface area contributed by atoms with E-state index in [9.17, 15) is 0 Å². The Bertz CT molecular complexity index is 540. The van der Waals surface area contributed by atoms with Crippen molar-refractivity contribution in [3.63, 3.8) is 0 Å². The van der Waals surface area contributed by atoms with Gasteiger partial charge in [0, 0.05) is 10.9 Å². The van der Waals surface area contributed by atoms with E-state index >= 15 is 0 Å². The van der Waals surface area contributed by atoms with E-state index in [4.69, 9.17) is 9.47 Å². The van der Waals surface area contributed by atoms with Crippen molar-refractivity contribution in [3.05, 3.63) is 59.7 Å². The highest BCUT2D eigenvalue weighted by atomic mass is 79.9. The summed E-state index contributed by atoms with van der Waals surface area (Å²) in [6.45, 7) is 3.32. The summed E-state index contributed by atoms with van der Waals surface area (Å²) in [5.74, 6) is 1.69. The maximum Gasteiger partial charge on any atom is 0.165 e. The fourth-order valence-electron chi connectivity index (χ4n) is 2.19. The van der Waals surface area contributed by atoms with Gasteiger partial charge in [0.05, 0.1) is 13.2 Å². The van der Waals surface area contributed by atoms with Gasteiger partial charge in [-0.25, -0.2) is 0 Å². The standard InChI is InChI=1S/C18H21BrO2/c1-2-20-17-12-6-11-16(14-19)18(17)21-13-7-10-15-8-4-3-5-9-15/h3-6,8-9,11-12H,2,7,10,13-14H2,1H3. The van der Waals surface area contributed by atoms with Gasteiger partial charge in [-0.15, -0.1) is 0 Å². The molecule has 0 unspecified atom stereocenters. The molecule has 0 heterocycles. The van der Waals surface area contributed by atoms with Crippen LogP contribution in [0.4, 0.5) is 0 Å². The summed E-state index contributed by atoms with van der Waals surface area (Å²) in [5.41, 5.74) is 2.47. The number of rotatable bonds is 8. The third kappa shape index (κ3) is 4.78. The monoisotopic (exact) mass is 348 g/mol. The molecule has 3 heteroatoms. The Morgan fingerprint density at radius 2 is 1.76 bits per heavy atom. The molecule has 0 fully saturated rings. The van der Waals surface area contributed by atoms with Gasteiger partial charge in [0.2, 0.25) is 0 Å². The number of hydrogen-bond acceptors (Lipinski definition) is 2. The Morgan fingerprint density at radius 1 is 0.952 bits per heavy atom. The average molecular weight is 349 g/mol. The zero-order valence-electron chi connectivity index (χ0n) is 12.3. The van der Waals surface area contributed by atoms with Crippen LogP contribution in [0.25, 0.3) is 0 Å². The lowest BCUT2D eigenvalue weighted by molar-refractivity contribution is 0.272. The summed E-state index contributed by atoms with van der Waals surface area (Å²) in [4.78, 5) is 0. The van der Waals surface area contributed by atoms with Gasteiger partial charge in [-0.2, -0.15) is 0 Å². The predicted octanol–water partition coefficient (Wildman–Crippen LogP) is 4.99. The smallest absolute Gasteiger partial charge is 0.165 e. The predicted molar refractivity (Wildman–Crippen MR) is 90.5 cm³/mol. The second-order valence-electron chi connectivity index (χ2n) is 4.75. The third-order valence-corrected chi connectivity index (χ3v) is 3.81. The van der Waals surface area contributed by atoms with Crippen LogP contribution in [0.15, 0.2) is 48.5 Å². The van der Waals surface area contributed by atoms with Crippen LogP contribution in [-0.2, 0) is 11.8 Å². The fourth-order valence-corrected chi connectivity index (χ4v) is 2.64. The molecule has 0 aliphatic rings. The molecule has 0 radical (unpaired) electrons. The minimum Gasteiger partial charge on any atom is -0.490 e. The van der Waals surface area contributed by atoms with E-state index in [2.05, 4.69) is 46.3 Å². The second kappa shape index (κ2) is 8.73. The lowest BCUT2D eigenvalue weighted by atomic mass is 10.1. The van der Waals surface area contributed by atoms with Crippen LogP contribution < -0.4 is 9.47 Å². The summed E-state index contributed by atoms with van der Waals surface area (Å²) in [6.07, 6.45) is 2.02. The normalized spacial score (nSPS) is 10.4. The molecule has 0 aliphatic heterocycles. The minimum absolute atomic E-state index is 0.645. The summed E-state index contributed by atoms with van der Waals surface area (Å²) < 4.78 is 11.6. The minimum atomic E-state index is 0.645. The molecule has 2 nitrogen and oxygen atoms in total. The molecule has 0 aliphatic carbocycles. The van der Waals surface area contributed by atoms with Crippen molar-refractivity contribution < 1.29 is 9.47 Å². The highest BCUT2D eigenvalue weighted by Gasteiger charge is 2.10. The Kier molecular flexibility index (Phi) is 6.61. The van der Waals surface area contributed by atoms with Crippen LogP contribution in [0.1, 0.15) is 24.5 Å². The van der Waals surface area contributed by atoms with E-state index in [1.807, 2.05) is 25.1 Å². The van der Waals surface area contributed by atoms with Crippen LogP contribution in [0, 0.1) is 0 Å². The molecule has 2 rings (SSSR count). The molecule has 0 aromatic heterocycles. The van der Waals surface area contributed by atoms with Crippen LogP contribution in [-0.4, -0.2) is 13.2 Å². The van der Waals surface area contributed by atoms with Crippen LogP contribution in [0.5, 0.6) is 11.5 Å². The van der Waals surface area contributed by atoms with E-state index in [1.165, 1.54) is 5.56 Å². The first-order chi connectivity index (χ1) is 10.3. The zero-order valence-corrected chi connectivity index (χ0v) is 13.9. The fraction of sp³-hybridized carbons (Fsp3) is 0.333. The van der Waals surface area contributed by atoms with Crippen LogP contribution >= 0.6 is 15.9 Å². The van der Waals surface area contributed by atoms with Crippen molar-refractivity contribution in [2.24, 2.45) is 0 Å². The van der Waals surface area contributed by atoms with Crippen molar-refractivity contribution in [1.29, 1.82) is 0 Å². The molecule has 0 saturated heterocycles. The first kappa shape index (κ1) is 15.9. The van der Waals surface area contributed by atoms with E-state index in [0.29, 0.717) is 13.2 Å². The first-order valence-electron chi connectivity index (χ1n) is 7.32. The van der Waals surface area contributed by atoms with Crippen molar-refractivity contribution >= 4 is 15.9 Å². The van der Waals surface area contributed by atoms with Gasteiger partial charge < -0.3 is 9.47 Å². The number of hydrogen-bond donors (Lipinski definition) is 0. The summed E-state index contributed by atoms with van der Waals surface area (Å²) in [6, 6.07) is 16.5. The van der Waals surface area contributed by atoms with E-state index in [1.54, 1.807) is 0 Å². The largest absolute Gasteiger partial charge is 0.490 e. The van der Waals surface area contributed by atoms with Gasteiger partial charge in [0.1, 0.15) is 0 Å². The number of para-hydroxylation sites is 1. The molecule has 21 heavy (non-hydrogen) atoms. The van der Waals surface area contributed by atoms with Crippen molar-refractivity contribution in [1.82, 2.24) is 0 Å². The summed E-state index contributed by atoms with van der Waals surface area (Å²) in [7, 11) is 0. The maximum atomic E-state index is 5.98. The number of alkyl halides is 1. The highest BCUT2D eigenvalue weighted by molar-refractivity contribution is 9.08. The SMILES string of the molecule is CCOc1cccc(CBr)c1OCCCc1ccccc1. The molecule has 0 bridgehead atoms. The van der Waals surface area contributed by atoms with Gasteiger partial charge >= 0.3 is 0 Å². The molecule has 0 saturated carbocycles. The Morgan fingerprint density at radius 3 is 2.48 bits per heavy atom. The molecular formula is C18H21BrO2. The number of halogens is 1. The molecule has 2 aromatic carbocycles. The number of aryl methyl sites for hydroxylation is 1. The van der Waals surface area contributed by atoms with Crippen LogP contribution in [0.2, 0.25) is 0 Å². The molecule has 0 amide bonds. The first-order valence-corrected chi connectivity index (χ1v) is 8.44. The topological polar surface area (TPSA) is 18.5 Å². The van der Waals surface area contributed by atoms with Gasteiger partial charge in [-0.1, -0.05) is 58.4 Å². The van der Waals surface area contributed by atoms with Crippen molar-refractivity contribution in [2.45, 2.75) is 25.1 Å². The third-order valence-electron chi connectivity index (χ3n) is 3.20. The van der Waals surface area contributed by atoms with E-state index in [0.717, 1.165) is 35.2 Å². The quantitative estimate of drug-likeness (QED) is 0.494. The van der Waals surface area contributed by atoms with Crippen molar-refractivity contribution in [2.75, 3.05) is 13.2 Å². The molecule has 2 aromatic rings. The highest BCUT2D eigenvalue weighted by Crippen LogP contribution is 2.32. The summed E-state index contributed by atoms with van der Waals surface area (Å²) in [5, 5.41) is 0.766. The molecule has 0 N–H and O–H groups in total. The molecule has 112 valence electrons. The summed E-state index contributed by atoms with van der Waals surface area (Å²) >= 11 is 3.50. The van der Waals surface area contributed by atoms with Gasteiger partial charge in [-0.05, 0) is 31.4 Å². The average Bonchev–Trinajstić information content (AvgIpc) is 2.53. The van der Waals surface area contributed by atoms with Gasteiger partial charge in [0.15, 0.2) is 11.5 Å². The van der Waals surface area contributed by atoms with E-state index in [-0.39, 0.29) is 0 Å². The maximum absolute atomic E-state index is 5.98. The van der Waals surface area contributed by atoms with Crippen LogP contribution in [0.3, 0.4) is 0 Å².